The molecule has 0 aliphatic heterocycles. The molecule has 0 saturated carbocycles. The number of ether oxygens (including phenoxy) is 1. The third kappa shape index (κ3) is 8.67. The van der Waals surface area contributed by atoms with Crippen LogP contribution in [0.4, 0.5) is 18.9 Å². The maximum Gasteiger partial charge on any atom is 0.446 e. The van der Waals surface area contributed by atoms with Gasteiger partial charge in [-0.15, -0.1) is 0 Å². The number of halogens is 3. The van der Waals surface area contributed by atoms with Crippen molar-refractivity contribution in [3.05, 3.63) is 24.3 Å². The van der Waals surface area contributed by atoms with Gasteiger partial charge in [0.15, 0.2) is 0 Å². The van der Waals surface area contributed by atoms with E-state index in [0.717, 1.165) is 11.4 Å². The van der Waals surface area contributed by atoms with Crippen LogP contribution in [0.2, 0.25) is 0 Å². The molecule has 1 rings (SSSR count). The maximum absolute atomic E-state index is 11.6. The smallest absolute Gasteiger partial charge is 0.446 e. The monoisotopic (exact) mass is 305 g/mol. The molecule has 1 N–H and O–H groups in total. The van der Waals surface area contributed by atoms with Crippen LogP contribution in [0.25, 0.3) is 0 Å². The molecule has 0 bridgehead atoms. The Morgan fingerprint density at radius 1 is 1.14 bits per heavy atom. The van der Waals surface area contributed by atoms with Crippen LogP contribution in [0.1, 0.15) is 20.8 Å². The Hall–Kier alpha value is -2.05. The molecule has 0 aliphatic rings. The van der Waals surface area contributed by atoms with Crippen molar-refractivity contribution < 1.29 is 27.5 Å². The molecular formula is C14H18F3NO3. The van der Waals surface area contributed by atoms with Crippen LogP contribution in [-0.2, 0) is 9.59 Å². The second kappa shape index (κ2) is 7.66. The van der Waals surface area contributed by atoms with Gasteiger partial charge in [-0.2, -0.15) is 13.2 Å². The summed E-state index contributed by atoms with van der Waals surface area (Å²) in [5.74, 6) is 0.788. The van der Waals surface area contributed by atoms with Crippen LogP contribution in [0, 0.1) is 5.41 Å². The van der Waals surface area contributed by atoms with Crippen molar-refractivity contribution in [1.29, 1.82) is 0 Å². The van der Waals surface area contributed by atoms with Gasteiger partial charge in [-0.1, -0.05) is 20.8 Å². The van der Waals surface area contributed by atoms with E-state index >= 15 is 0 Å². The van der Waals surface area contributed by atoms with E-state index in [-0.39, 0.29) is 11.3 Å². The van der Waals surface area contributed by atoms with Gasteiger partial charge in [-0.05, 0) is 24.3 Å². The number of nitrogens with one attached hydrogen (secondary N) is 1. The minimum absolute atomic E-state index is 0.00710. The molecule has 0 spiro atoms. The molecule has 0 radical (unpaired) electrons. The van der Waals surface area contributed by atoms with Crippen molar-refractivity contribution in [2.75, 3.05) is 12.4 Å². The van der Waals surface area contributed by atoms with Crippen molar-refractivity contribution in [2.45, 2.75) is 26.9 Å². The number of carbonyl (C=O) groups excluding carboxylic acids is 2. The number of benzene rings is 1. The minimum atomic E-state index is -4.64. The molecule has 7 heteroatoms. The quantitative estimate of drug-likeness (QED) is 0.852. The predicted octanol–water partition coefficient (Wildman–Crippen LogP) is 3.43. The highest BCUT2D eigenvalue weighted by molar-refractivity contribution is 5.94. The summed E-state index contributed by atoms with van der Waals surface area (Å²) in [6, 6.07) is 7.28. The highest BCUT2D eigenvalue weighted by Crippen LogP contribution is 2.19. The molecule has 1 aromatic rings. The molecular weight excluding hydrogens is 287 g/mol. The van der Waals surface area contributed by atoms with Crippen LogP contribution >= 0.6 is 0 Å². The van der Waals surface area contributed by atoms with Gasteiger partial charge in [-0.25, -0.2) is 0 Å². The number of hydrogen-bond donors (Lipinski definition) is 1. The van der Waals surface area contributed by atoms with Crippen LogP contribution in [-0.4, -0.2) is 25.5 Å². The number of hydrogen-bond acceptors (Lipinski definition) is 3. The highest BCUT2D eigenvalue weighted by Gasteiger charge is 2.24. The van der Waals surface area contributed by atoms with Gasteiger partial charge in [0.25, 0.3) is 0 Å². The lowest BCUT2D eigenvalue weighted by molar-refractivity contribution is -0.156. The van der Waals surface area contributed by atoms with Crippen LogP contribution < -0.4 is 10.1 Å². The summed E-state index contributed by atoms with van der Waals surface area (Å²) < 4.78 is 36.3. The van der Waals surface area contributed by atoms with Crippen LogP contribution in [0.3, 0.4) is 0 Å². The lowest BCUT2D eigenvalue weighted by atomic mass is 9.95. The van der Waals surface area contributed by atoms with E-state index in [1.54, 1.807) is 7.11 Å². The van der Waals surface area contributed by atoms with Gasteiger partial charge in [0.1, 0.15) is 5.75 Å². The molecule has 21 heavy (non-hydrogen) atoms. The molecule has 0 atom stereocenters. The van der Waals surface area contributed by atoms with Gasteiger partial charge in [0.05, 0.1) is 7.11 Å². The zero-order chi connectivity index (χ0) is 16.7. The summed E-state index contributed by atoms with van der Waals surface area (Å²) >= 11 is 0. The summed E-state index contributed by atoms with van der Waals surface area (Å²) in [7, 11) is 1.61. The topological polar surface area (TPSA) is 55.4 Å². The Labute approximate surface area is 121 Å². The third-order valence-corrected chi connectivity index (χ3v) is 2.16. The molecule has 4 nitrogen and oxygen atoms in total. The minimum Gasteiger partial charge on any atom is -0.497 e. The second-order valence-corrected chi connectivity index (χ2v) is 5.09. The Morgan fingerprint density at radius 3 is 1.86 bits per heavy atom. The van der Waals surface area contributed by atoms with Gasteiger partial charge < -0.3 is 10.1 Å². The number of carbonyl (C=O) groups is 2. The first-order valence-corrected chi connectivity index (χ1v) is 5.98. The van der Waals surface area contributed by atoms with E-state index in [9.17, 15) is 18.0 Å². The first-order chi connectivity index (χ1) is 9.49. The van der Waals surface area contributed by atoms with Gasteiger partial charge >= 0.3 is 6.18 Å². The molecule has 1 amide bonds. The number of alkyl halides is 3. The zero-order valence-corrected chi connectivity index (χ0v) is 12.2. The van der Waals surface area contributed by atoms with Crippen molar-refractivity contribution in [1.82, 2.24) is 0 Å². The van der Waals surface area contributed by atoms with Crippen molar-refractivity contribution >= 4 is 17.9 Å². The summed E-state index contributed by atoms with van der Waals surface area (Å²) in [5.41, 5.74) is 0.413. The van der Waals surface area contributed by atoms with E-state index in [2.05, 4.69) is 5.32 Å². The first kappa shape index (κ1) is 18.9. The molecule has 118 valence electrons. The second-order valence-electron chi connectivity index (χ2n) is 5.09. The zero-order valence-electron chi connectivity index (χ0n) is 12.2. The molecule has 0 aliphatic carbocycles. The Kier molecular flexibility index (Phi) is 6.91. The lowest BCUT2D eigenvalue weighted by Gasteiger charge is -2.17. The van der Waals surface area contributed by atoms with E-state index in [1.807, 2.05) is 45.0 Å². The van der Waals surface area contributed by atoms with E-state index < -0.39 is 12.5 Å². The molecule has 0 heterocycles. The molecule has 0 aromatic heterocycles. The average Bonchev–Trinajstić information content (AvgIpc) is 2.38. The maximum atomic E-state index is 11.6. The number of methoxy groups -OCH3 is 1. The number of anilines is 1. The van der Waals surface area contributed by atoms with E-state index in [0.29, 0.717) is 0 Å². The number of rotatable bonds is 2. The van der Waals surface area contributed by atoms with Gasteiger partial charge in [-0.3, -0.25) is 9.59 Å². The van der Waals surface area contributed by atoms with Crippen molar-refractivity contribution in [3.63, 3.8) is 0 Å². The fourth-order valence-corrected chi connectivity index (χ4v) is 0.993. The summed E-state index contributed by atoms with van der Waals surface area (Å²) in [6.07, 6.45) is -5.70. The first-order valence-electron chi connectivity index (χ1n) is 5.98. The molecule has 0 unspecified atom stereocenters. The van der Waals surface area contributed by atoms with Crippen LogP contribution in [0.15, 0.2) is 24.3 Å². The highest BCUT2D eigenvalue weighted by atomic mass is 19.4. The normalized spacial score (nSPS) is 11.0. The van der Waals surface area contributed by atoms with E-state index in [1.165, 1.54) is 0 Å². The number of aldehydes is 1. The molecule has 0 saturated heterocycles. The number of amides is 1. The Morgan fingerprint density at radius 2 is 1.57 bits per heavy atom. The van der Waals surface area contributed by atoms with Gasteiger partial charge in [0.2, 0.25) is 12.2 Å². The Balaban J connectivity index is 0.000000567. The lowest BCUT2D eigenvalue weighted by Crippen LogP contribution is -2.27. The molecule has 1 aromatic carbocycles. The SMILES string of the molecule is COc1ccc(NC(=O)C(C)(C)C)cc1.O=CC(F)(F)F. The Bertz CT molecular complexity index is 462. The van der Waals surface area contributed by atoms with Gasteiger partial charge in [0, 0.05) is 11.1 Å². The fourth-order valence-electron chi connectivity index (χ4n) is 0.993. The largest absolute Gasteiger partial charge is 0.497 e. The fraction of sp³-hybridized carbons (Fsp3) is 0.429. The predicted molar refractivity (Wildman–Crippen MR) is 73.2 cm³/mol. The molecule has 0 fully saturated rings. The van der Waals surface area contributed by atoms with Crippen LogP contribution in [0.5, 0.6) is 5.75 Å². The summed E-state index contributed by atoms with van der Waals surface area (Å²) in [4.78, 5) is 20.3. The average molecular weight is 305 g/mol. The summed E-state index contributed by atoms with van der Waals surface area (Å²) in [5, 5.41) is 2.84. The van der Waals surface area contributed by atoms with Crippen molar-refractivity contribution in [3.8, 4) is 5.75 Å². The summed E-state index contributed by atoms with van der Waals surface area (Å²) in [6.45, 7) is 5.64. The van der Waals surface area contributed by atoms with E-state index in [4.69, 9.17) is 9.53 Å². The third-order valence-electron chi connectivity index (χ3n) is 2.16. The van der Waals surface area contributed by atoms with Crippen molar-refractivity contribution in [2.24, 2.45) is 5.41 Å². The standard InChI is InChI=1S/C12H17NO2.C2HF3O/c1-12(2,3)11(14)13-9-5-7-10(15-4)8-6-9;3-2(4,5)1-6/h5-8H,1-4H3,(H,13,14);1H.